The number of hydrogen-bond donors (Lipinski definition) is 1. The summed E-state index contributed by atoms with van der Waals surface area (Å²) in [6.07, 6.45) is 2.24. The molecule has 0 fully saturated rings. The van der Waals surface area contributed by atoms with E-state index in [1.54, 1.807) is 18.3 Å². The molecule has 0 aliphatic rings. The van der Waals surface area contributed by atoms with Gasteiger partial charge in [-0.2, -0.15) is 5.26 Å². The Balaban J connectivity index is 2.51. The monoisotopic (exact) mass is 237 g/mol. The lowest BCUT2D eigenvalue weighted by Crippen LogP contribution is -1.95. The summed E-state index contributed by atoms with van der Waals surface area (Å²) < 4.78 is 0. The van der Waals surface area contributed by atoms with E-state index in [2.05, 4.69) is 16.4 Å². The predicted molar refractivity (Wildman–Crippen MR) is 68.8 cm³/mol. The number of nitriles is 1. The number of rotatable bonds is 3. The summed E-state index contributed by atoms with van der Waals surface area (Å²) in [6, 6.07) is 11.0. The summed E-state index contributed by atoms with van der Waals surface area (Å²) in [7, 11) is 0. The number of benzene rings is 1. The second-order valence-electron chi connectivity index (χ2n) is 3.83. The van der Waals surface area contributed by atoms with Gasteiger partial charge in [0.25, 0.3) is 0 Å². The molecule has 0 atom stereocenters. The fourth-order valence-corrected chi connectivity index (χ4v) is 1.70. The Morgan fingerprint density at radius 3 is 2.89 bits per heavy atom. The Morgan fingerprint density at radius 2 is 2.17 bits per heavy atom. The van der Waals surface area contributed by atoms with Crippen LogP contribution in [0, 0.1) is 18.3 Å². The number of hydrogen-bond acceptors (Lipinski definition) is 3. The predicted octanol–water partition coefficient (Wildman–Crippen LogP) is 2.50. The average Bonchev–Trinajstić information content (AvgIpc) is 2.41. The van der Waals surface area contributed by atoms with Crippen LogP contribution in [0.3, 0.4) is 0 Å². The van der Waals surface area contributed by atoms with Crippen molar-refractivity contribution in [3.8, 4) is 17.3 Å². The van der Waals surface area contributed by atoms with Crippen molar-refractivity contribution in [1.29, 1.82) is 5.26 Å². The SMILES string of the molecule is Cc1ccc(NC=O)cc1-c1cc(C#N)ccn1. The first-order valence-corrected chi connectivity index (χ1v) is 5.42. The number of carbonyl (C=O) groups is 1. The molecule has 1 aromatic heterocycles. The van der Waals surface area contributed by atoms with Gasteiger partial charge in [0.15, 0.2) is 0 Å². The number of nitrogens with one attached hydrogen (secondary N) is 1. The van der Waals surface area contributed by atoms with E-state index in [0.29, 0.717) is 17.7 Å². The van der Waals surface area contributed by atoms with Gasteiger partial charge in [-0.1, -0.05) is 6.07 Å². The number of anilines is 1. The zero-order valence-electron chi connectivity index (χ0n) is 9.84. The highest BCUT2D eigenvalue weighted by atomic mass is 16.1. The molecule has 1 aromatic carbocycles. The van der Waals surface area contributed by atoms with Crippen LogP contribution in [-0.2, 0) is 4.79 Å². The Bertz CT molecular complexity index is 629. The van der Waals surface area contributed by atoms with Gasteiger partial charge in [0.1, 0.15) is 0 Å². The molecule has 0 spiro atoms. The molecule has 1 amide bonds. The van der Waals surface area contributed by atoms with Crippen molar-refractivity contribution in [3.63, 3.8) is 0 Å². The first kappa shape index (κ1) is 11.8. The van der Waals surface area contributed by atoms with Crippen LogP contribution in [0.5, 0.6) is 0 Å². The van der Waals surface area contributed by atoms with Crippen LogP contribution in [0.4, 0.5) is 5.69 Å². The topological polar surface area (TPSA) is 65.8 Å². The van der Waals surface area contributed by atoms with E-state index in [-0.39, 0.29) is 0 Å². The third kappa shape index (κ3) is 2.36. The molecule has 18 heavy (non-hydrogen) atoms. The fourth-order valence-electron chi connectivity index (χ4n) is 1.70. The van der Waals surface area contributed by atoms with Gasteiger partial charge < -0.3 is 5.32 Å². The molecule has 0 radical (unpaired) electrons. The third-order valence-corrected chi connectivity index (χ3v) is 2.63. The zero-order valence-corrected chi connectivity index (χ0v) is 9.84. The Labute approximate surface area is 105 Å². The second-order valence-corrected chi connectivity index (χ2v) is 3.83. The minimum Gasteiger partial charge on any atom is -0.329 e. The van der Waals surface area contributed by atoms with E-state index in [0.717, 1.165) is 16.8 Å². The molecule has 2 aromatic rings. The van der Waals surface area contributed by atoms with Gasteiger partial charge in [-0.15, -0.1) is 0 Å². The van der Waals surface area contributed by atoms with Gasteiger partial charge >= 0.3 is 0 Å². The standard InChI is InChI=1S/C14H11N3O/c1-10-2-3-12(17-9-18)7-13(10)14-6-11(8-15)4-5-16-14/h2-7,9H,1H3,(H,17,18). The van der Waals surface area contributed by atoms with E-state index >= 15 is 0 Å². The largest absolute Gasteiger partial charge is 0.329 e. The van der Waals surface area contributed by atoms with E-state index in [4.69, 9.17) is 5.26 Å². The van der Waals surface area contributed by atoms with Crippen molar-refractivity contribution in [2.75, 3.05) is 5.32 Å². The second kappa shape index (κ2) is 5.11. The van der Waals surface area contributed by atoms with Crippen molar-refractivity contribution in [2.45, 2.75) is 6.92 Å². The number of carbonyl (C=O) groups excluding carboxylic acids is 1. The van der Waals surface area contributed by atoms with Crippen LogP contribution in [-0.4, -0.2) is 11.4 Å². The molecule has 2 rings (SSSR count). The van der Waals surface area contributed by atoms with Crippen LogP contribution < -0.4 is 5.32 Å². The van der Waals surface area contributed by atoms with Gasteiger partial charge in [0.2, 0.25) is 6.41 Å². The quantitative estimate of drug-likeness (QED) is 0.834. The number of amides is 1. The van der Waals surface area contributed by atoms with Crippen molar-refractivity contribution in [2.24, 2.45) is 0 Å². The Morgan fingerprint density at radius 1 is 1.33 bits per heavy atom. The van der Waals surface area contributed by atoms with Gasteiger partial charge in [-0.3, -0.25) is 9.78 Å². The minimum atomic E-state index is 0.563. The highest BCUT2D eigenvalue weighted by molar-refractivity contribution is 5.76. The van der Waals surface area contributed by atoms with Gasteiger partial charge in [-0.05, 0) is 36.8 Å². The van der Waals surface area contributed by atoms with Crippen molar-refractivity contribution >= 4 is 12.1 Å². The number of aromatic nitrogens is 1. The maximum atomic E-state index is 10.4. The first-order valence-electron chi connectivity index (χ1n) is 5.42. The summed E-state index contributed by atoms with van der Waals surface area (Å²) in [5, 5.41) is 11.5. The summed E-state index contributed by atoms with van der Waals surface area (Å²) in [5.41, 5.74) is 3.93. The number of pyridine rings is 1. The molecule has 0 saturated heterocycles. The molecule has 1 heterocycles. The zero-order chi connectivity index (χ0) is 13.0. The summed E-state index contributed by atoms with van der Waals surface area (Å²) in [5.74, 6) is 0. The summed E-state index contributed by atoms with van der Waals surface area (Å²) in [4.78, 5) is 14.7. The van der Waals surface area contributed by atoms with Crippen LogP contribution >= 0.6 is 0 Å². The molecule has 0 unspecified atom stereocenters. The van der Waals surface area contributed by atoms with Crippen LogP contribution in [0.25, 0.3) is 11.3 Å². The third-order valence-electron chi connectivity index (χ3n) is 2.63. The lowest BCUT2D eigenvalue weighted by atomic mass is 10.0. The minimum absolute atomic E-state index is 0.563. The maximum Gasteiger partial charge on any atom is 0.211 e. The molecule has 0 saturated carbocycles. The van der Waals surface area contributed by atoms with Crippen molar-refractivity contribution < 1.29 is 4.79 Å². The Kier molecular flexibility index (Phi) is 3.35. The van der Waals surface area contributed by atoms with Gasteiger partial charge in [-0.25, -0.2) is 0 Å². The normalized spacial score (nSPS) is 9.56. The first-order chi connectivity index (χ1) is 8.74. The van der Waals surface area contributed by atoms with Crippen molar-refractivity contribution in [1.82, 2.24) is 4.98 Å². The van der Waals surface area contributed by atoms with Crippen LogP contribution in [0.15, 0.2) is 36.5 Å². The highest BCUT2D eigenvalue weighted by Crippen LogP contribution is 2.25. The lowest BCUT2D eigenvalue weighted by Gasteiger charge is -2.08. The number of nitrogens with zero attached hydrogens (tertiary/aromatic N) is 2. The van der Waals surface area contributed by atoms with Gasteiger partial charge in [0, 0.05) is 17.4 Å². The van der Waals surface area contributed by atoms with E-state index in [1.165, 1.54) is 0 Å². The molecule has 0 aliphatic carbocycles. The van der Waals surface area contributed by atoms with Crippen LogP contribution in [0.2, 0.25) is 0 Å². The number of aryl methyl sites for hydroxylation is 1. The highest BCUT2D eigenvalue weighted by Gasteiger charge is 2.05. The molecular formula is C14H11N3O. The lowest BCUT2D eigenvalue weighted by molar-refractivity contribution is -0.105. The smallest absolute Gasteiger partial charge is 0.211 e. The van der Waals surface area contributed by atoms with E-state index in [1.807, 2.05) is 25.1 Å². The molecule has 88 valence electrons. The Hall–Kier alpha value is -2.67. The fraction of sp³-hybridized carbons (Fsp3) is 0.0714. The molecule has 0 bridgehead atoms. The summed E-state index contributed by atoms with van der Waals surface area (Å²) >= 11 is 0. The van der Waals surface area contributed by atoms with E-state index in [9.17, 15) is 4.79 Å². The molecule has 4 nitrogen and oxygen atoms in total. The maximum absolute atomic E-state index is 10.4. The van der Waals surface area contributed by atoms with Crippen LogP contribution in [0.1, 0.15) is 11.1 Å². The molecular weight excluding hydrogens is 226 g/mol. The summed E-state index contributed by atoms with van der Waals surface area (Å²) in [6.45, 7) is 1.96. The molecule has 0 aliphatic heterocycles. The van der Waals surface area contributed by atoms with Crippen molar-refractivity contribution in [3.05, 3.63) is 47.7 Å². The van der Waals surface area contributed by atoms with E-state index < -0.39 is 0 Å². The molecule has 4 heteroatoms. The molecule has 1 N–H and O–H groups in total. The van der Waals surface area contributed by atoms with Gasteiger partial charge in [0.05, 0.1) is 17.3 Å². The average molecular weight is 237 g/mol.